The molecular formula is C13H15FN2. The van der Waals surface area contributed by atoms with Crippen molar-refractivity contribution in [3.8, 4) is 11.3 Å². The number of halogens is 1. The number of aromatic nitrogens is 2. The minimum Gasteiger partial charge on any atom is -0.252 e. The Hall–Kier alpha value is -1.64. The highest BCUT2D eigenvalue weighted by Gasteiger charge is 2.14. The van der Waals surface area contributed by atoms with Crippen molar-refractivity contribution in [2.45, 2.75) is 27.2 Å². The Kier molecular flexibility index (Phi) is 2.77. The van der Waals surface area contributed by atoms with Crippen molar-refractivity contribution < 1.29 is 4.39 Å². The number of hydrogen-bond acceptors (Lipinski definition) is 1. The van der Waals surface area contributed by atoms with Crippen LogP contribution >= 0.6 is 0 Å². The molecule has 0 spiro atoms. The van der Waals surface area contributed by atoms with Crippen LogP contribution in [0.2, 0.25) is 0 Å². The van der Waals surface area contributed by atoms with Crippen molar-refractivity contribution in [2.75, 3.05) is 0 Å². The van der Waals surface area contributed by atoms with Crippen LogP contribution in [-0.4, -0.2) is 10.2 Å². The average molecular weight is 218 g/mol. The second-order valence-corrected chi connectivity index (χ2v) is 4.04. The molecular weight excluding hydrogens is 203 g/mol. The smallest absolute Gasteiger partial charge is 0.212 e. The van der Waals surface area contributed by atoms with Gasteiger partial charge in [-0.25, -0.2) is 0 Å². The lowest BCUT2D eigenvalue weighted by atomic mass is 10.00. The van der Waals surface area contributed by atoms with Gasteiger partial charge in [-0.1, -0.05) is 30.7 Å². The summed E-state index contributed by atoms with van der Waals surface area (Å²) in [6.45, 7) is 6.00. The number of nitrogens with one attached hydrogen (secondary N) is 1. The van der Waals surface area contributed by atoms with Gasteiger partial charge in [-0.15, -0.1) is 0 Å². The third-order valence-electron chi connectivity index (χ3n) is 2.81. The Bertz CT molecular complexity index is 515. The minimum atomic E-state index is -0.322. The van der Waals surface area contributed by atoms with Crippen LogP contribution in [0.25, 0.3) is 11.3 Å². The summed E-state index contributed by atoms with van der Waals surface area (Å²) >= 11 is 0. The van der Waals surface area contributed by atoms with E-state index in [2.05, 4.69) is 16.3 Å². The second kappa shape index (κ2) is 4.08. The van der Waals surface area contributed by atoms with E-state index >= 15 is 0 Å². The van der Waals surface area contributed by atoms with Crippen LogP contribution in [0.4, 0.5) is 4.39 Å². The topological polar surface area (TPSA) is 28.7 Å². The van der Waals surface area contributed by atoms with Gasteiger partial charge in [0.1, 0.15) is 0 Å². The van der Waals surface area contributed by atoms with E-state index in [0.29, 0.717) is 12.0 Å². The van der Waals surface area contributed by atoms with Crippen molar-refractivity contribution in [1.82, 2.24) is 10.2 Å². The molecule has 2 aromatic rings. The third kappa shape index (κ3) is 1.73. The highest BCUT2D eigenvalue weighted by molar-refractivity contribution is 5.67. The molecule has 0 aliphatic carbocycles. The molecule has 16 heavy (non-hydrogen) atoms. The van der Waals surface area contributed by atoms with Crippen molar-refractivity contribution in [3.63, 3.8) is 0 Å². The molecule has 1 N–H and O–H groups in total. The zero-order valence-electron chi connectivity index (χ0n) is 9.76. The van der Waals surface area contributed by atoms with Crippen LogP contribution in [0.5, 0.6) is 0 Å². The predicted molar refractivity (Wildman–Crippen MR) is 62.8 cm³/mol. The third-order valence-corrected chi connectivity index (χ3v) is 2.81. The van der Waals surface area contributed by atoms with Gasteiger partial charge < -0.3 is 0 Å². The Balaban J connectivity index is 2.58. The van der Waals surface area contributed by atoms with E-state index in [4.69, 9.17) is 0 Å². The quantitative estimate of drug-likeness (QED) is 0.822. The first kappa shape index (κ1) is 10.9. The van der Waals surface area contributed by atoms with Gasteiger partial charge in [0.15, 0.2) is 0 Å². The number of hydrogen-bond donors (Lipinski definition) is 1. The highest BCUT2D eigenvalue weighted by atomic mass is 19.1. The zero-order chi connectivity index (χ0) is 11.7. The molecule has 0 fully saturated rings. The van der Waals surface area contributed by atoms with Gasteiger partial charge >= 0.3 is 0 Å². The summed E-state index contributed by atoms with van der Waals surface area (Å²) in [5.41, 5.74) is 4.73. The molecule has 2 rings (SSSR count). The SMILES string of the molecule is CCc1c(-c2ccc(C)cc2C)n[nH]c1F. The van der Waals surface area contributed by atoms with Crippen molar-refractivity contribution >= 4 is 0 Å². The summed E-state index contributed by atoms with van der Waals surface area (Å²) in [5, 5.41) is 6.46. The molecule has 0 atom stereocenters. The number of aromatic amines is 1. The van der Waals surface area contributed by atoms with Gasteiger partial charge in [-0.2, -0.15) is 9.49 Å². The monoisotopic (exact) mass is 218 g/mol. The first-order chi connectivity index (χ1) is 7.63. The van der Waals surface area contributed by atoms with Gasteiger partial charge in [0.2, 0.25) is 5.95 Å². The molecule has 0 radical (unpaired) electrons. The minimum absolute atomic E-state index is 0.322. The fourth-order valence-corrected chi connectivity index (χ4v) is 1.97. The first-order valence-electron chi connectivity index (χ1n) is 5.43. The highest BCUT2D eigenvalue weighted by Crippen LogP contribution is 2.27. The van der Waals surface area contributed by atoms with E-state index in [1.165, 1.54) is 5.56 Å². The lowest BCUT2D eigenvalue weighted by molar-refractivity contribution is 0.567. The number of H-pyrrole nitrogens is 1. The van der Waals surface area contributed by atoms with Crippen molar-refractivity contribution in [1.29, 1.82) is 0 Å². The van der Waals surface area contributed by atoms with E-state index in [-0.39, 0.29) is 5.95 Å². The Labute approximate surface area is 94.5 Å². The van der Waals surface area contributed by atoms with E-state index in [9.17, 15) is 4.39 Å². The molecule has 84 valence electrons. The zero-order valence-corrected chi connectivity index (χ0v) is 9.76. The van der Waals surface area contributed by atoms with Gasteiger partial charge in [-0.3, -0.25) is 5.10 Å². The van der Waals surface area contributed by atoms with Crippen molar-refractivity contribution in [3.05, 3.63) is 40.8 Å². The van der Waals surface area contributed by atoms with Crippen LogP contribution in [0.3, 0.4) is 0 Å². The van der Waals surface area contributed by atoms with E-state index in [1.54, 1.807) is 0 Å². The molecule has 1 aromatic heterocycles. The summed E-state index contributed by atoms with van der Waals surface area (Å²) < 4.78 is 13.4. The predicted octanol–water partition coefficient (Wildman–Crippen LogP) is 3.40. The molecule has 0 unspecified atom stereocenters. The van der Waals surface area contributed by atoms with Gasteiger partial charge in [0, 0.05) is 11.1 Å². The standard InChI is InChI=1S/C13H15FN2/c1-4-10-12(15-16-13(10)14)11-6-5-8(2)7-9(11)3/h5-7H,4H2,1-3H3,(H,15,16). The van der Waals surface area contributed by atoms with Gasteiger partial charge in [0.25, 0.3) is 0 Å². The largest absolute Gasteiger partial charge is 0.252 e. The maximum atomic E-state index is 13.4. The number of rotatable bonds is 2. The Morgan fingerprint density at radius 3 is 2.69 bits per heavy atom. The molecule has 0 saturated carbocycles. The summed E-state index contributed by atoms with van der Waals surface area (Å²) in [6, 6.07) is 6.11. The normalized spacial score (nSPS) is 10.8. The lowest BCUT2D eigenvalue weighted by Crippen LogP contribution is -1.90. The number of nitrogens with zero attached hydrogens (tertiary/aromatic N) is 1. The number of aryl methyl sites for hydroxylation is 2. The molecule has 0 bridgehead atoms. The maximum absolute atomic E-state index is 13.4. The average Bonchev–Trinajstić information content (AvgIpc) is 2.59. The van der Waals surface area contributed by atoms with Crippen LogP contribution in [0.15, 0.2) is 18.2 Å². The fraction of sp³-hybridized carbons (Fsp3) is 0.308. The Morgan fingerprint density at radius 2 is 2.06 bits per heavy atom. The molecule has 2 nitrogen and oxygen atoms in total. The summed E-state index contributed by atoms with van der Waals surface area (Å²) in [6.07, 6.45) is 0.644. The van der Waals surface area contributed by atoms with E-state index in [1.807, 2.05) is 32.9 Å². The molecule has 0 aliphatic rings. The Morgan fingerprint density at radius 1 is 1.31 bits per heavy atom. The van der Waals surface area contributed by atoms with Crippen LogP contribution in [0.1, 0.15) is 23.6 Å². The second-order valence-electron chi connectivity index (χ2n) is 4.04. The van der Waals surface area contributed by atoms with Crippen LogP contribution in [-0.2, 0) is 6.42 Å². The summed E-state index contributed by atoms with van der Waals surface area (Å²) in [7, 11) is 0. The summed E-state index contributed by atoms with van der Waals surface area (Å²) in [4.78, 5) is 0. The number of benzene rings is 1. The van der Waals surface area contributed by atoms with E-state index in [0.717, 1.165) is 16.8 Å². The molecule has 3 heteroatoms. The van der Waals surface area contributed by atoms with Gasteiger partial charge in [-0.05, 0) is 25.8 Å². The van der Waals surface area contributed by atoms with Crippen LogP contribution < -0.4 is 0 Å². The molecule has 1 aromatic carbocycles. The summed E-state index contributed by atoms with van der Waals surface area (Å²) in [5.74, 6) is -0.322. The van der Waals surface area contributed by atoms with E-state index < -0.39 is 0 Å². The van der Waals surface area contributed by atoms with Crippen molar-refractivity contribution in [2.24, 2.45) is 0 Å². The molecule has 1 heterocycles. The first-order valence-corrected chi connectivity index (χ1v) is 5.43. The maximum Gasteiger partial charge on any atom is 0.212 e. The van der Waals surface area contributed by atoms with Crippen LogP contribution in [0, 0.1) is 19.8 Å². The molecule has 0 amide bonds. The molecule has 0 saturated heterocycles. The lowest BCUT2D eigenvalue weighted by Gasteiger charge is -2.05. The fourth-order valence-electron chi connectivity index (χ4n) is 1.97. The molecule has 0 aliphatic heterocycles. The van der Waals surface area contributed by atoms with Gasteiger partial charge in [0.05, 0.1) is 5.69 Å².